The van der Waals surface area contributed by atoms with Gasteiger partial charge in [0.15, 0.2) is 0 Å². The Balaban J connectivity index is 1.85. The van der Waals surface area contributed by atoms with Crippen LogP contribution in [0.3, 0.4) is 0 Å². The van der Waals surface area contributed by atoms with E-state index in [-0.39, 0.29) is 0 Å². The fourth-order valence-corrected chi connectivity index (χ4v) is 1.91. The molecular weight excluding hydrogens is 256 g/mol. The van der Waals surface area contributed by atoms with Gasteiger partial charge in [-0.25, -0.2) is 0 Å². The van der Waals surface area contributed by atoms with Crippen molar-refractivity contribution in [3.63, 3.8) is 0 Å². The van der Waals surface area contributed by atoms with E-state index >= 15 is 0 Å². The highest BCUT2D eigenvalue weighted by atomic mass is 16.5. The molecule has 0 radical (unpaired) electrons. The molecule has 1 heteroatoms. The van der Waals surface area contributed by atoms with Crippen molar-refractivity contribution in [2.75, 3.05) is 6.61 Å². The van der Waals surface area contributed by atoms with Crippen molar-refractivity contribution in [2.45, 2.75) is 19.8 Å². The maximum atomic E-state index is 5.65. The molecule has 0 fully saturated rings. The Morgan fingerprint density at radius 3 is 2.05 bits per heavy atom. The van der Waals surface area contributed by atoms with Gasteiger partial charge in [0.05, 0.1) is 6.61 Å². The van der Waals surface area contributed by atoms with Crippen LogP contribution in [0.25, 0.3) is 12.2 Å². The number of allylic oxidation sites excluding steroid dienone is 2. The van der Waals surface area contributed by atoms with Crippen molar-refractivity contribution in [1.29, 1.82) is 0 Å². The molecule has 0 bridgehead atoms. The maximum Gasteiger partial charge on any atom is 0.119 e. The number of rotatable bonds is 7. The molecule has 2 aromatic carbocycles. The molecule has 0 unspecified atom stereocenters. The van der Waals surface area contributed by atoms with Crippen LogP contribution in [0.2, 0.25) is 0 Å². The predicted molar refractivity (Wildman–Crippen MR) is 91.4 cm³/mol. The van der Waals surface area contributed by atoms with Crippen LogP contribution in [-0.4, -0.2) is 6.61 Å². The molecule has 0 saturated heterocycles. The van der Waals surface area contributed by atoms with Gasteiger partial charge in [0.1, 0.15) is 5.75 Å². The smallest absolute Gasteiger partial charge is 0.119 e. The predicted octanol–water partition coefficient (Wildman–Crippen LogP) is 5.59. The first-order chi connectivity index (χ1) is 10.4. The van der Waals surface area contributed by atoms with E-state index in [0.29, 0.717) is 0 Å². The minimum Gasteiger partial charge on any atom is -0.494 e. The molecule has 2 aromatic rings. The fourth-order valence-electron chi connectivity index (χ4n) is 1.91. The first-order valence-corrected chi connectivity index (χ1v) is 7.51. The van der Waals surface area contributed by atoms with Gasteiger partial charge < -0.3 is 4.74 Å². The Bertz CT molecular complexity index is 565. The lowest BCUT2D eigenvalue weighted by Crippen LogP contribution is -1.95. The Morgan fingerprint density at radius 2 is 1.43 bits per heavy atom. The van der Waals surface area contributed by atoms with Crippen LogP contribution in [0, 0.1) is 0 Å². The van der Waals surface area contributed by atoms with Gasteiger partial charge in [-0.1, -0.05) is 80.1 Å². The molecule has 0 atom stereocenters. The summed E-state index contributed by atoms with van der Waals surface area (Å²) in [7, 11) is 0. The van der Waals surface area contributed by atoms with Crippen LogP contribution in [0.4, 0.5) is 0 Å². The Hall–Kier alpha value is -2.28. The third-order valence-corrected chi connectivity index (χ3v) is 3.13. The van der Waals surface area contributed by atoms with Crippen LogP contribution < -0.4 is 4.74 Å². The van der Waals surface area contributed by atoms with Gasteiger partial charge in [-0.05, 0) is 29.7 Å². The monoisotopic (exact) mass is 278 g/mol. The maximum absolute atomic E-state index is 5.65. The molecule has 0 aliphatic heterocycles. The van der Waals surface area contributed by atoms with Crippen LogP contribution >= 0.6 is 0 Å². The van der Waals surface area contributed by atoms with Gasteiger partial charge in [0.25, 0.3) is 0 Å². The summed E-state index contributed by atoms with van der Waals surface area (Å²) in [6.45, 7) is 2.96. The summed E-state index contributed by atoms with van der Waals surface area (Å²) in [5.41, 5.74) is 2.39. The molecule has 0 N–H and O–H groups in total. The Kier molecular flexibility index (Phi) is 6.34. The highest BCUT2D eigenvalue weighted by Crippen LogP contribution is 2.13. The number of ether oxygens (including phenoxy) is 1. The zero-order chi connectivity index (χ0) is 14.8. The third kappa shape index (κ3) is 5.70. The summed E-state index contributed by atoms with van der Waals surface area (Å²) in [6, 6.07) is 18.5. The van der Waals surface area contributed by atoms with E-state index in [9.17, 15) is 0 Å². The lowest BCUT2D eigenvalue weighted by atomic mass is 10.2. The van der Waals surface area contributed by atoms with Crippen molar-refractivity contribution in [1.82, 2.24) is 0 Å². The van der Waals surface area contributed by atoms with Gasteiger partial charge in [0, 0.05) is 0 Å². The highest BCUT2D eigenvalue weighted by Gasteiger charge is 1.92. The zero-order valence-corrected chi connectivity index (χ0v) is 12.5. The van der Waals surface area contributed by atoms with Gasteiger partial charge in [-0.15, -0.1) is 0 Å². The molecule has 2 rings (SSSR count). The third-order valence-electron chi connectivity index (χ3n) is 3.13. The topological polar surface area (TPSA) is 9.23 Å². The van der Waals surface area contributed by atoms with E-state index < -0.39 is 0 Å². The highest BCUT2D eigenvalue weighted by molar-refractivity contribution is 5.57. The summed E-state index contributed by atoms with van der Waals surface area (Å²) in [6.07, 6.45) is 10.6. The average molecular weight is 278 g/mol. The minimum atomic E-state index is 0.797. The number of hydrogen-bond acceptors (Lipinski definition) is 1. The summed E-state index contributed by atoms with van der Waals surface area (Å²) < 4.78 is 5.65. The van der Waals surface area contributed by atoms with Crippen molar-refractivity contribution in [3.8, 4) is 5.75 Å². The van der Waals surface area contributed by atoms with E-state index in [1.807, 2.05) is 30.3 Å². The molecule has 0 aromatic heterocycles. The quantitative estimate of drug-likeness (QED) is 0.473. The zero-order valence-electron chi connectivity index (χ0n) is 12.5. The van der Waals surface area contributed by atoms with Crippen LogP contribution in [0.1, 0.15) is 30.9 Å². The molecule has 0 heterocycles. The summed E-state index contributed by atoms with van der Waals surface area (Å²) in [4.78, 5) is 0. The van der Waals surface area contributed by atoms with Gasteiger partial charge in [-0.3, -0.25) is 0 Å². The van der Waals surface area contributed by atoms with Crippen LogP contribution in [-0.2, 0) is 0 Å². The first-order valence-electron chi connectivity index (χ1n) is 7.51. The molecule has 0 saturated carbocycles. The summed E-state index contributed by atoms with van der Waals surface area (Å²) in [5.74, 6) is 0.945. The SMILES string of the molecule is CCCCOc1ccc(C=CC=Cc2ccccc2)cc1. The average Bonchev–Trinajstić information content (AvgIpc) is 2.54. The molecule has 0 aliphatic carbocycles. The van der Waals surface area contributed by atoms with E-state index in [0.717, 1.165) is 25.2 Å². The summed E-state index contributed by atoms with van der Waals surface area (Å²) >= 11 is 0. The Morgan fingerprint density at radius 1 is 0.810 bits per heavy atom. The van der Waals surface area contributed by atoms with Crippen molar-refractivity contribution in [3.05, 3.63) is 77.9 Å². The fraction of sp³-hybridized carbons (Fsp3) is 0.200. The molecule has 21 heavy (non-hydrogen) atoms. The first kappa shape index (κ1) is 15.1. The molecule has 108 valence electrons. The second-order valence-corrected chi connectivity index (χ2v) is 4.90. The number of hydrogen-bond donors (Lipinski definition) is 0. The molecule has 1 nitrogen and oxygen atoms in total. The van der Waals surface area contributed by atoms with Gasteiger partial charge >= 0.3 is 0 Å². The van der Waals surface area contributed by atoms with E-state index in [1.165, 1.54) is 11.1 Å². The van der Waals surface area contributed by atoms with E-state index in [4.69, 9.17) is 4.74 Å². The molecule has 0 aliphatic rings. The molecular formula is C20H22O. The number of benzene rings is 2. The van der Waals surface area contributed by atoms with Gasteiger partial charge in [-0.2, -0.15) is 0 Å². The second-order valence-electron chi connectivity index (χ2n) is 4.90. The molecule has 0 amide bonds. The lowest BCUT2D eigenvalue weighted by Gasteiger charge is -2.04. The van der Waals surface area contributed by atoms with E-state index in [2.05, 4.69) is 55.5 Å². The second kappa shape index (κ2) is 8.80. The van der Waals surface area contributed by atoms with Crippen molar-refractivity contribution >= 4 is 12.2 Å². The largest absolute Gasteiger partial charge is 0.494 e. The van der Waals surface area contributed by atoms with Crippen molar-refractivity contribution in [2.24, 2.45) is 0 Å². The normalized spacial score (nSPS) is 11.3. The summed E-state index contributed by atoms with van der Waals surface area (Å²) in [5, 5.41) is 0. The molecule has 0 spiro atoms. The minimum absolute atomic E-state index is 0.797. The standard InChI is InChI=1S/C20H22O/c1-2-3-17-21-20-15-13-19(14-16-20)12-8-7-11-18-9-5-4-6-10-18/h4-16H,2-3,17H2,1H3. The van der Waals surface area contributed by atoms with Crippen LogP contribution in [0.5, 0.6) is 5.75 Å². The van der Waals surface area contributed by atoms with Crippen molar-refractivity contribution < 1.29 is 4.74 Å². The lowest BCUT2D eigenvalue weighted by molar-refractivity contribution is 0.309. The van der Waals surface area contributed by atoms with E-state index in [1.54, 1.807) is 0 Å². The Labute approximate surface area is 127 Å². The van der Waals surface area contributed by atoms with Crippen LogP contribution in [0.15, 0.2) is 66.7 Å². The van der Waals surface area contributed by atoms with Gasteiger partial charge in [0.2, 0.25) is 0 Å². The number of unbranched alkanes of at least 4 members (excludes halogenated alkanes) is 1.